The fraction of sp³-hybridized carbons (Fsp3) is 0.381. The third-order valence-electron chi connectivity index (χ3n) is 5.12. The van der Waals surface area contributed by atoms with Gasteiger partial charge >= 0.3 is 6.03 Å². The van der Waals surface area contributed by atoms with Crippen LogP contribution in [0, 0.1) is 0 Å². The smallest absolute Gasteiger partial charge is 0.319 e. The molecule has 30 heavy (non-hydrogen) atoms. The Bertz CT molecular complexity index is 998. The van der Waals surface area contributed by atoms with Crippen LogP contribution in [0.15, 0.2) is 42.9 Å². The minimum Gasteiger partial charge on any atom is -0.379 e. The molecule has 9 heteroatoms. The van der Waals surface area contributed by atoms with Gasteiger partial charge in [-0.25, -0.2) is 14.8 Å². The monoisotopic (exact) mass is 409 g/mol. The van der Waals surface area contributed by atoms with Gasteiger partial charge in [-0.05, 0) is 25.1 Å². The number of nitrogens with one attached hydrogen (secondary N) is 3. The van der Waals surface area contributed by atoms with Gasteiger partial charge in [0, 0.05) is 50.3 Å². The molecule has 3 N–H and O–H groups in total. The Balaban J connectivity index is 1.35. The van der Waals surface area contributed by atoms with Gasteiger partial charge in [0.1, 0.15) is 0 Å². The number of hydrogen-bond acceptors (Lipinski definition) is 6. The fourth-order valence-electron chi connectivity index (χ4n) is 3.57. The first-order valence-electron chi connectivity index (χ1n) is 10.2. The highest BCUT2D eigenvalue weighted by Gasteiger charge is 2.11. The molecular formula is C21H27N7O2. The van der Waals surface area contributed by atoms with Crippen LogP contribution in [0.2, 0.25) is 0 Å². The van der Waals surface area contributed by atoms with E-state index in [0.717, 1.165) is 67.7 Å². The quantitative estimate of drug-likeness (QED) is 0.518. The minimum absolute atomic E-state index is 0.200. The summed E-state index contributed by atoms with van der Waals surface area (Å²) >= 11 is 0. The van der Waals surface area contributed by atoms with E-state index in [9.17, 15) is 4.79 Å². The summed E-state index contributed by atoms with van der Waals surface area (Å²) in [6.07, 6.45) is 6.33. The zero-order valence-corrected chi connectivity index (χ0v) is 17.1. The third-order valence-corrected chi connectivity index (χ3v) is 5.12. The fourth-order valence-corrected chi connectivity index (χ4v) is 3.57. The number of aromatic nitrogens is 3. The van der Waals surface area contributed by atoms with Gasteiger partial charge in [-0.2, -0.15) is 0 Å². The van der Waals surface area contributed by atoms with Crippen LogP contribution in [0.1, 0.15) is 6.42 Å². The standard InChI is InChI=1S/C21H27N7O2/c1-22-19-20-25-15-18(28(20)9-7-23-19)16-4-2-5-17(14-16)26-21(29)24-6-3-8-27-10-12-30-13-11-27/h2,4-5,7,9,14-15H,3,6,8,10-13H2,1H3,(H,22,23)(H2,24,26,29). The number of imidazole rings is 1. The van der Waals surface area contributed by atoms with Crippen molar-refractivity contribution in [1.29, 1.82) is 0 Å². The number of hydrogen-bond donors (Lipinski definition) is 3. The molecule has 3 aromatic rings. The van der Waals surface area contributed by atoms with E-state index in [0.29, 0.717) is 6.54 Å². The molecule has 0 bridgehead atoms. The van der Waals surface area contributed by atoms with Crippen LogP contribution in [0.4, 0.5) is 16.3 Å². The molecule has 0 radical (unpaired) electrons. The van der Waals surface area contributed by atoms with Crippen LogP contribution >= 0.6 is 0 Å². The average molecular weight is 409 g/mol. The third kappa shape index (κ3) is 4.69. The van der Waals surface area contributed by atoms with E-state index in [-0.39, 0.29) is 6.03 Å². The molecule has 4 rings (SSSR count). The van der Waals surface area contributed by atoms with Gasteiger partial charge in [0.05, 0.1) is 25.1 Å². The molecule has 0 aliphatic carbocycles. The van der Waals surface area contributed by atoms with E-state index >= 15 is 0 Å². The van der Waals surface area contributed by atoms with Gasteiger partial charge in [-0.1, -0.05) is 12.1 Å². The van der Waals surface area contributed by atoms with Crippen molar-refractivity contribution < 1.29 is 9.53 Å². The number of rotatable bonds is 7. The Hall–Kier alpha value is -3.17. The lowest BCUT2D eigenvalue weighted by Crippen LogP contribution is -2.38. The SMILES string of the molecule is CNc1nccn2c(-c3cccc(NC(=O)NCCCN4CCOCC4)c3)cnc12. The number of ether oxygens (including phenoxy) is 1. The number of carbonyl (C=O) groups excluding carboxylic acids is 1. The summed E-state index contributed by atoms with van der Waals surface area (Å²) in [5.74, 6) is 0.717. The molecule has 0 saturated carbocycles. The summed E-state index contributed by atoms with van der Waals surface area (Å²) in [7, 11) is 1.82. The predicted molar refractivity (Wildman–Crippen MR) is 117 cm³/mol. The molecule has 1 aliphatic rings. The van der Waals surface area contributed by atoms with E-state index in [2.05, 4.69) is 30.8 Å². The highest BCUT2D eigenvalue weighted by Crippen LogP contribution is 2.25. The van der Waals surface area contributed by atoms with Crippen molar-refractivity contribution in [2.24, 2.45) is 0 Å². The predicted octanol–water partition coefficient (Wildman–Crippen LogP) is 2.28. The van der Waals surface area contributed by atoms with Crippen LogP contribution in [0.3, 0.4) is 0 Å². The lowest BCUT2D eigenvalue weighted by atomic mass is 10.1. The Morgan fingerprint density at radius 1 is 1.23 bits per heavy atom. The second-order valence-corrected chi connectivity index (χ2v) is 7.13. The topological polar surface area (TPSA) is 95.8 Å². The summed E-state index contributed by atoms with van der Waals surface area (Å²) in [4.78, 5) is 23.4. The molecule has 3 heterocycles. The lowest BCUT2D eigenvalue weighted by molar-refractivity contribution is 0.0375. The summed E-state index contributed by atoms with van der Waals surface area (Å²) in [6, 6.07) is 7.53. The normalized spacial score (nSPS) is 14.6. The highest BCUT2D eigenvalue weighted by atomic mass is 16.5. The maximum atomic E-state index is 12.3. The molecule has 0 spiro atoms. The number of anilines is 2. The number of amides is 2. The van der Waals surface area contributed by atoms with Gasteiger partial charge < -0.3 is 20.7 Å². The number of carbonyl (C=O) groups is 1. The van der Waals surface area contributed by atoms with Crippen LogP contribution in [0.5, 0.6) is 0 Å². The average Bonchev–Trinajstić information content (AvgIpc) is 3.22. The molecule has 1 aliphatic heterocycles. The van der Waals surface area contributed by atoms with Gasteiger partial charge in [-0.15, -0.1) is 0 Å². The van der Waals surface area contributed by atoms with E-state index in [1.165, 1.54) is 0 Å². The Morgan fingerprint density at radius 3 is 2.93 bits per heavy atom. The van der Waals surface area contributed by atoms with Gasteiger partial charge in [0.2, 0.25) is 0 Å². The van der Waals surface area contributed by atoms with Crippen molar-refractivity contribution in [2.75, 3.05) is 57.1 Å². The van der Waals surface area contributed by atoms with E-state index in [1.54, 1.807) is 6.20 Å². The number of morpholine rings is 1. The molecule has 1 aromatic carbocycles. The molecular weight excluding hydrogens is 382 g/mol. The lowest BCUT2D eigenvalue weighted by Gasteiger charge is -2.26. The van der Waals surface area contributed by atoms with Crippen LogP contribution in [0.25, 0.3) is 16.9 Å². The molecule has 158 valence electrons. The summed E-state index contributed by atoms with van der Waals surface area (Å²) in [6.45, 7) is 5.13. The number of nitrogens with zero attached hydrogens (tertiary/aromatic N) is 4. The van der Waals surface area contributed by atoms with Crippen molar-refractivity contribution in [2.45, 2.75) is 6.42 Å². The molecule has 1 fully saturated rings. The van der Waals surface area contributed by atoms with Crippen molar-refractivity contribution in [3.05, 3.63) is 42.9 Å². The zero-order chi connectivity index (χ0) is 20.8. The summed E-state index contributed by atoms with van der Waals surface area (Å²) in [5.41, 5.74) is 3.38. The molecule has 0 unspecified atom stereocenters. The van der Waals surface area contributed by atoms with Crippen LogP contribution in [-0.4, -0.2) is 71.7 Å². The van der Waals surface area contributed by atoms with E-state index in [4.69, 9.17) is 4.74 Å². The number of benzene rings is 1. The largest absolute Gasteiger partial charge is 0.379 e. The van der Waals surface area contributed by atoms with Gasteiger partial charge in [0.25, 0.3) is 0 Å². The Kier molecular flexibility index (Phi) is 6.41. The van der Waals surface area contributed by atoms with Crippen molar-refractivity contribution >= 4 is 23.2 Å². The molecule has 9 nitrogen and oxygen atoms in total. The van der Waals surface area contributed by atoms with Crippen LogP contribution in [-0.2, 0) is 4.74 Å². The van der Waals surface area contributed by atoms with Crippen molar-refractivity contribution in [3.63, 3.8) is 0 Å². The first kappa shape index (κ1) is 20.1. The summed E-state index contributed by atoms with van der Waals surface area (Å²) in [5, 5.41) is 8.89. The first-order valence-corrected chi connectivity index (χ1v) is 10.2. The molecule has 0 atom stereocenters. The maximum Gasteiger partial charge on any atom is 0.319 e. The molecule has 2 amide bonds. The summed E-state index contributed by atoms with van der Waals surface area (Å²) < 4.78 is 7.33. The zero-order valence-electron chi connectivity index (χ0n) is 17.1. The minimum atomic E-state index is -0.200. The highest BCUT2D eigenvalue weighted by molar-refractivity contribution is 5.90. The van der Waals surface area contributed by atoms with Crippen molar-refractivity contribution in [3.8, 4) is 11.3 Å². The van der Waals surface area contributed by atoms with Crippen LogP contribution < -0.4 is 16.0 Å². The number of fused-ring (bicyclic) bond motifs is 1. The molecule has 1 saturated heterocycles. The first-order chi connectivity index (χ1) is 14.7. The Labute approximate surface area is 175 Å². The van der Waals surface area contributed by atoms with Crippen molar-refractivity contribution in [1.82, 2.24) is 24.6 Å². The van der Waals surface area contributed by atoms with E-state index in [1.807, 2.05) is 48.1 Å². The number of urea groups is 1. The molecule has 2 aromatic heterocycles. The second kappa shape index (κ2) is 9.55. The Morgan fingerprint density at radius 2 is 2.10 bits per heavy atom. The van der Waals surface area contributed by atoms with Gasteiger partial charge in [0.15, 0.2) is 11.5 Å². The van der Waals surface area contributed by atoms with E-state index < -0.39 is 0 Å². The van der Waals surface area contributed by atoms with Gasteiger partial charge in [-0.3, -0.25) is 9.30 Å². The maximum absolute atomic E-state index is 12.3. The second-order valence-electron chi connectivity index (χ2n) is 7.13.